The third-order valence-electron chi connectivity index (χ3n) is 6.84. The largest absolute Gasteiger partial charge is 0.481 e. The first-order valence-corrected chi connectivity index (χ1v) is 16.7. The normalized spacial score (nSPS) is 11.8. The molecular formula is C36H66O3. The SMILES string of the molecule is CCC=CC=CC=CC=CCCCCCCCC(=O)O.CCCCCCCCCCCCCCCCCCO. The number of hydrogen-bond donors (Lipinski definition) is 2. The topological polar surface area (TPSA) is 57.5 Å². The zero-order valence-corrected chi connectivity index (χ0v) is 26.1. The summed E-state index contributed by atoms with van der Waals surface area (Å²) >= 11 is 0. The van der Waals surface area contributed by atoms with Gasteiger partial charge in [0.15, 0.2) is 0 Å². The van der Waals surface area contributed by atoms with Crippen molar-refractivity contribution in [3.05, 3.63) is 48.6 Å². The molecule has 0 aliphatic carbocycles. The fourth-order valence-corrected chi connectivity index (χ4v) is 4.37. The van der Waals surface area contributed by atoms with Gasteiger partial charge in [0.25, 0.3) is 0 Å². The van der Waals surface area contributed by atoms with Gasteiger partial charge < -0.3 is 10.2 Å². The van der Waals surface area contributed by atoms with Gasteiger partial charge in [-0.1, -0.05) is 178 Å². The quantitative estimate of drug-likeness (QED) is 0.0757. The van der Waals surface area contributed by atoms with Crippen molar-refractivity contribution in [1.29, 1.82) is 0 Å². The zero-order chi connectivity index (χ0) is 28.9. The van der Waals surface area contributed by atoms with Crippen LogP contribution in [-0.4, -0.2) is 22.8 Å². The van der Waals surface area contributed by atoms with E-state index < -0.39 is 5.97 Å². The van der Waals surface area contributed by atoms with Crippen LogP contribution in [0.25, 0.3) is 0 Å². The summed E-state index contributed by atoms with van der Waals surface area (Å²) in [5.41, 5.74) is 0. The molecule has 0 aromatic rings. The van der Waals surface area contributed by atoms with Gasteiger partial charge in [-0.3, -0.25) is 4.79 Å². The zero-order valence-electron chi connectivity index (χ0n) is 26.1. The minimum absolute atomic E-state index is 0.311. The number of unbranched alkanes of at least 4 members (excludes halogenated alkanes) is 20. The molecule has 0 saturated heterocycles. The second kappa shape index (κ2) is 38.5. The minimum atomic E-state index is -0.682. The fraction of sp³-hybridized carbons (Fsp3) is 0.750. The van der Waals surface area contributed by atoms with E-state index >= 15 is 0 Å². The Bertz CT molecular complexity index is 558. The van der Waals surface area contributed by atoms with Gasteiger partial charge in [0.05, 0.1) is 0 Å². The summed E-state index contributed by atoms with van der Waals surface area (Å²) in [6.07, 6.45) is 46.6. The molecule has 228 valence electrons. The highest BCUT2D eigenvalue weighted by atomic mass is 16.4. The average molecular weight is 547 g/mol. The van der Waals surface area contributed by atoms with E-state index in [-0.39, 0.29) is 0 Å². The van der Waals surface area contributed by atoms with Gasteiger partial charge >= 0.3 is 5.97 Å². The van der Waals surface area contributed by atoms with Crippen LogP contribution in [0.5, 0.6) is 0 Å². The minimum Gasteiger partial charge on any atom is -0.481 e. The smallest absolute Gasteiger partial charge is 0.303 e. The van der Waals surface area contributed by atoms with Gasteiger partial charge in [-0.2, -0.15) is 0 Å². The molecule has 0 unspecified atom stereocenters. The van der Waals surface area contributed by atoms with Gasteiger partial charge in [-0.15, -0.1) is 0 Å². The van der Waals surface area contributed by atoms with E-state index in [1.807, 2.05) is 24.3 Å². The molecule has 0 rings (SSSR count). The Labute approximate surface area is 244 Å². The van der Waals surface area contributed by atoms with Crippen molar-refractivity contribution in [2.45, 2.75) is 168 Å². The lowest BCUT2D eigenvalue weighted by atomic mass is 10.0. The molecule has 0 fully saturated rings. The molecule has 0 atom stereocenters. The highest BCUT2D eigenvalue weighted by Gasteiger charge is 1.96. The maximum atomic E-state index is 10.3. The molecule has 0 aromatic heterocycles. The van der Waals surface area contributed by atoms with Crippen LogP contribution in [0.3, 0.4) is 0 Å². The van der Waals surface area contributed by atoms with Crippen molar-refractivity contribution in [3.63, 3.8) is 0 Å². The Balaban J connectivity index is 0. The van der Waals surface area contributed by atoms with Crippen molar-refractivity contribution < 1.29 is 15.0 Å². The Hall–Kier alpha value is -1.61. The number of carboxylic acids is 1. The van der Waals surface area contributed by atoms with E-state index in [2.05, 4.69) is 38.2 Å². The molecule has 0 amide bonds. The number of aliphatic carboxylic acids is 1. The summed E-state index contributed by atoms with van der Waals surface area (Å²) < 4.78 is 0. The molecule has 0 spiro atoms. The van der Waals surface area contributed by atoms with E-state index in [0.717, 1.165) is 38.5 Å². The van der Waals surface area contributed by atoms with Crippen molar-refractivity contribution in [3.8, 4) is 0 Å². The van der Waals surface area contributed by atoms with Crippen LogP contribution in [0.2, 0.25) is 0 Å². The summed E-state index contributed by atoms with van der Waals surface area (Å²) in [6.45, 7) is 4.78. The third kappa shape index (κ3) is 43.7. The first-order valence-electron chi connectivity index (χ1n) is 16.7. The molecule has 39 heavy (non-hydrogen) atoms. The number of aliphatic hydroxyl groups is 1. The first kappa shape index (κ1) is 39.5. The summed E-state index contributed by atoms with van der Waals surface area (Å²) in [4.78, 5) is 10.3. The lowest BCUT2D eigenvalue weighted by Crippen LogP contribution is -1.93. The van der Waals surface area contributed by atoms with E-state index in [0.29, 0.717) is 13.0 Å². The molecule has 3 heteroatoms. The highest BCUT2D eigenvalue weighted by Crippen LogP contribution is 2.13. The Morgan fingerprint density at radius 2 is 0.872 bits per heavy atom. The molecule has 0 aliphatic heterocycles. The van der Waals surface area contributed by atoms with E-state index in [1.165, 1.54) is 109 Å². The van der Waals surface area contributed by atoms with Crippen molar-refractivity contribution in [2.75, 3.05) is 6.61 Å². The predicted octanol–water partition coefficient (Wildman–Crippen LogP) is 11.7. The number of carbonyl (C=O) groups is 1. The second-order valence-electron chi connectivity index (χ2n) is 10.8. The number of carboxylic acid groups (broad SMARTS) is 1. The molecule has 0 heterocycles. The number of allylic oxidation sites excluding steroid dienone is 8. The Morgan fingerprint density at radius 3 is 1.31 bits per heavy atom. The fourth-order valence-electron chi connectivity index (χ4n) is 4.37. The molecular weight excluding hydrogens is 480 g/mol. The van der Waals surface area contributed by atoms with Crippen LogP contribution >= 0.6 is 0 Å². The van der Waals surface area contributed by atoms with Crippen LogP contribution in [0.4, 0.5) is 0 Å². The summed E-state index contributed by atoms with van der Waals surface area (Å²) in [5, 5.41) is 17.2. The second-order valence-corrected chi connectivity index (χ2v) is 10.8. The van der Waals surface area contributed by atoms with Crippen LogP contribution in [-0.2, 0) is 4.79 Å². The molecule has 0 aromatic carbocycles. The van der Waals surface area contributed by atoms with Crippen LogP contribution < -0.4 is 0 Å². The standard InChI is InChI=1S/C18H28O2.C18H38O/c1-2-3-4-5-6-7-8-9-10-11-12-13-14-15-16-17-18(19)20;1-2-3-4-5-6-7-8-9-10-11-12-13-14-15-16-17-18-19/h3-10H,2,11-17H2,1H3,(H,19,20);19H,2-18H2,1H3. The number of aliphatic hydroxyl groups excluding tert-OH is 1. The summed E-state index contributed by atoms with van der Waals surface area (Å²) in [7, 11) is 0. The molecule has 3 nitrogen and oxygen atoms in total. The van der Waals surface area contributed by atoms with Crippen molar-refractivity contribution in [1.82, 2.24) is 0 Å². The van der Waals surface area contributed by atoms with Gasteiger partial charge in [0, 0.05) is 13.0 Å². The summed E-state index contributed by atoms with van der Waals surface area (Å²) in [6, 6.07) is 0. The number of hydrogen-bond acceptors (Lipinski definition) is 2. The van der Waals surface area contributed by atoms with E-state index in [9.17, 15) is 4.79 Å². The Morgan fingerprint density at radius 1 is 0.487 bits per heavy atom. The third-order valence-corrected chi connectivity index (χ3v) is 6.84. The molecule has 2 N–H and O–H groups in total. The van der Waals surface area contributed by atoms with Gasteiger partial charge in [-0.25, -0.2) is 0 Å². The number of rotatable bonds is 28. The highest BCUT2D eigenvalue weighted by molar-refractivity contribution is 5.66. The maximum absolute atomic E-state index is 10.3. The average Bonchev–Trinajstić information content (AvgIpc) is 2.93. The van der Waals surface area contributed by atoms with E-state index in [4.69, 9.17) is 10.2 Å². The molecule has 0 saturated carbocycles. The van der Waals surface area contributed by atoms with Gasteiger partial charge in [0.2, 0.25) is 0 Å². The predicted molar refractivity (Wildman–Crippen MR) is 173 cm³/mol. The molecule has 0 aliphatic rings. The molecule has 0 bridgehead atoms. The first-order chi connectivity index (χ1) is 19.2. The monoisotopic (exact) mass is 547 g/mol. The van der Waals surface area contributed by atoms with Gasteiger partial charge in [0.1, 0.15) is 0 Å². The van der Waals surface area contributed by atoms with Crippen LogP contribution in [0.1, 0.15) is 168 Å². The van der Waals surface area contributed by atoms with Crippen molar-refractivity contribution in [2.24, 2.45) is 0 Å². The van der Waals surface area contributed by atoms with Gasteiger partial charge in [-0.05, 0) is 32.1 Å². The van der Waals surface area contributed by atoms with E-state index in [1.54, 1.807) is 0 Å². The van der Waals surface area contributed by atoms with Crippen molar-refractivity contribution >= 4 is 5.97 Å². The maximum Gasteiger partial charge on any atom is 0.303 e. The Kier molecular flexibility index (Phi) is 39.1. The molecule has 0 radical (unpaired) electrons. The van der Waals surface area contributed by atoms with Crippen LogP contribution in [0, 0.1) is 0 Å². The summed E-state index contributed by atoms with van der Waals surface area (Å²) in [5.74, 6) is -0.682. The van der Waals surface area contributed by atoms with Crippen LogP contribution in [0.15, 0.2) is 48.6 Å². The lowest BCUT2D eigenvalue weighted by molar-refractivity contribution is -0.137. The lowest BCUT2D eigenvalue weighted by Gasteiger charge is -2.03.